The quantitative estimate of drug-likeness (QED) is 0.214. The topological polar surface area (TPSA) is 117 Å². The summed E-state index contributed by atoms with van der Waals surface area (Å²) in [6, 6.07) is 20.3. The number of methoxy groups -OCH3 is 1. The lowest BCUT2D eigenvalue weighted by molar-refractivity contribution is 0.0950. The Hall–Kier alpha value is -4.19. The molecule has 2 heterocycles. The first-order valence-corrected chi connectivity index (χ1v) is 16.4. The maximum Gasteiger partial charge on any atom is 0.299 e. The number of anilines is 2. The van der Waals surface area contributed by atoms with Crippen molar-refractivity contribution in [3.63, 3.8) is 0 Å². The van der Waals surface area contributed by atoms with Crippen LogP contribution in [0, 0.1) is 0 Å². The number of hydrogen-bond donors (Lipinski definition) is 2. The Morgan fingerprint density at radius 1 is 1.00 bits per heavy atom. The fourth-order valence-corrected chi connectivity index (χ4v) is 6.05. The van der Waals surface area contributed by atoms with Crippen molar-refractivity contribution in [3.8, 4) is 28.2 Å². The van der Waals surface area contributed by atoms with Crippen LogP contribution >= 0.6 is 0 Å². The largest absolute Gasteiger partial charge is 0.495 e. The highest BCUT2D eigenvalue weighted by molar-refractivity contribution is 7.91. The van der Waals surface area contributed by atoms with Crippen molar-refractivity contribution < 1.29 is 22.4 Å². The van der Waals surface area contributed by atoms with Gasteiger partial charge in [-0.1, -0.05) is 43.3 Å². The molecule has 0 bridgehead atoms. The number of piperazine rings is 1. The third-order valence-electron chi connectivity index (χ3n) is 7.83. The fourth-order valence-electron chi connectivity index (χ4n) is 5.14. The van der Waals surface area contributed by atoms with Crippen LogP contribution in [0.15, 0.2) is 82.2 Å². The molecule has 0 spiro atoms. The molecule has 10 nitrogen and oxygen atoms in total. The molecule has 0 aliphatic carbocycles. The zero-order chi connectivity index (χ0) is 31.1. The number of nitrogens with one attached hydrogen (secondary N) is 2. The lowest BCUT2D eigenvalue weighted by atomic mass is 9.97. The molecule has 0 radical (unpaired) electrons. The molecule has 3 aromatic carbocycles. The van der Waals surface area contributed by atoms with Crippen molar-refractivity contribution in [2.24, 2.45) is 0 Å². The van der Waals surface area contributed by atoms with Gasteiger partial charge in [0, 0.05) is 38.3 Å². The summed E-state index contributed by atoms with van der Waals surface area (Å²) in [5.74, 6) is 0.607. The van der Waals surface area contributed by atoms with Crippen LogP contribution in [0.25, 0.3) is 22.5 Å². The second-order valence-electron chi connectivity index (χ2n) is 10.8. The molecule has 1 amide bonds. The SMILES string of the molecule is CCS(=O)(=O)c1ccc(OC)c(Nc2ncc(-c3cc(-c4ccccc4)ccc3C(=O)NCCCN3CCN(C)CC3)o2)c1. The van der Waals surface area contributed by atoms with E-state index in [9.17, 15) is 13.2 Å². The Kier molecular flexibility index (Phi) is 9.99. The first kappa shape index (κ1) is 31.2. The highest BCUT2D eigenvalue weighted by Crippen LogP contribution is 2.34. The Morgan fingerprint density at radius 2 is 1.77 bits per heavy atom. The molecule has 1 aromatic heterocycles. The molecule has 0 unspecified atom stereocenters. The summed E-state index contributed by atoms with van der Waals surface area (Å²) in [6.45, 7) is 7.31. The minimum Gasteiger partial charge on any atom is -0.495 e. The van der Waals surface area contributed by atoms with Crippen LogP contribution in [-0.4, -0.2) is 88.3 Å². The van der Waals surface area contributed by atoms with Crippen molar-refractivity contribution in [1.82, 2.24) is 20.1 Å². The normalized spacial score (nSPS) is 14.3. The molecule has 2 N–H and O–H groups in total. The molecule has 1 aliphatic heterocycles. The number of oxazole rings is 1. The lowest BCUT2D eigenvalue weighted by Crippen LogP contribution is -2.45. The molecule has 0 atom stereocenters. The number of carbonyl (C=O) groups is 1. The van der Waals surface area contributed by atoms with Gasteiger partial charge in [0.2, 0.25) is 0 Å². The molecular weight excluding hydrogens is 578 g/mol. The summed E-state index contributed by atoms with van der Waals surface area (Å²) in [7, 11) is 0.204. The molecule has 232 valence electrons. The van der Waals surface area contributed by atoms with Gasteiger partial charge in [-0.15, -0.1) is 0 Å². The van der Waals surface area contributed by atoms with E-state index in [0.717, 1.165) is 50.3 Å². The van der Waals surface area contributed by atoms with Crippen LogP contribution in [0.2, 0.25) is 0 Å². The van der Waals surface area contributed by atoms with Crippen molar-refractivity contribution in [2.45, 2.75) is 18.2 Å². The number of sulfone groups is 1. The number of benzene rings is 3. The monoisotopic (exact) mass is 617 g/mol. The number of amides is 1. The number of aromatic nitrogens is 1. The number of nitrogens with zero attached hydrogens (tertiary/aromatic N) is 3. The van der Waals surface area contributed by atoms with E-state index in [1.54, 1.807) is 19.2 Å². The first-order chi connectivity index (χ1) is 21.3. The lowest BCUT2D eigenvalue weighted by Gasteiger charge is -2.32. The fraction of sp³-hybridized carbons (Fsp3) is 0.333. The molecule has 4 aromatic rings. The Bertz CT molecular complexity index is 1680. The number of ether oxygens (including phenoxy) is 1. The molecule has 44 heavy (non-hydrogen) atoms. The van der Waals surface area contributed by atoms with Gasteiger partial charge in [0.15, 0.2) is 15.6 Å². The average molecular weight is 618 g/mol. The second-order valence-corrected chi connectivity index (χ2v) is 13.1. The number of hydrogen-bond acceptors (Lipinski definition) is 9. The summed E-state index contributed by atoms with van der Waals surface area (Å²) < 4.78 is 36.5. The molecule has 1 aliphatic rings. The standard InChI is InChI=1S/C33H39N5O5S/c1-4-44(40,41)26-12-14-30(42-3)29(22-26)36-33-35-23-31(43-33)28-21-25(24-9-6-5-7-10-24)11-13-27(28)32(39)34-15-8-16-38-19-17-37(2)18-20-38/h5-7,9-14,21-23H,4,8,15-20H2,1-3H3,(H,34,39)(H,35,36). The van der Waals surface area contributed by atoms with Crippen molar-refractivity contribution >= 4 is 27.4 Å². The van der Waals surface area contributed by atoms with Gasteiger partial charge in [0.05, 0.1) is 35.2 Å². The maximum atomic E-state index is 13.4. The smallest absolute Gasteiger partial charge is 0.299 e. The number of carbonyl (C=O) groups excluding carboxylic acids is 1. The van der Waals surface area contributed by atoms with Gasteiger partial charge in [0.1, 0.15) is 5.75 Å². The average Bonchev–Trinajstić information content (AvgIpc) is 3.52. The molecule has 0 saturated carbocycles. The minimum atomic E-state index is -3.44. The van der Waals surface area contributed by atoms with Crippen LogP contribution in [0.1, 0.15) is 23.7 Å². The van der Waals surface area contributed by atoms with Crippen LogP contribution in [-0.2, 0) is 9.84 Å². The van der Waals surface area contributed by atoms with E-state index >= 15 is 0 Å². The van der Waals surface area contributed by atoms with E-state index in [1.165, 1.54) is 19.2 Å². The Labute approximate surface area is 259 Å². The van der Waals surface area contributed by atoms with Crippen LogP contribution < -0.4 is 15.4 Å². The van der Waals surface area contributed by atoms with E-state index in [-0.39, 0.29) is 22.6 Å². The second kappa shape index (κ2) is 14.1. The molecular formula is C33H39N5O5S. The van der Waals surface area contributed by atoms with Gasteiger partial charge in [-0.2, -0.15) is 0 Å². The zero-order valence-corrected chi connectivity index (χ0v) is 26.2. The molecule has 11 heteroatoms. The van der Waals surface area contributed by atoms with Gasteiger partial charge >= 0.3 is 0 Å². The molecule has 5 rings (SSSR count). The summed E-state index contributed by atoms with van der Waals surface area (Å²) in [4.78, 5) is 22.7. The van der Waals surface area contributed by atoms with Crippen molar-refractivity contribution in [3.05, 3.63) is 78.5 Å². The third-order valence-corrected chi connectivity index (χ3v) is 9.56. The maximum absolute atomic E-state index is 13.4. The van der Waals surface area contributed by atoms with E-state index in [4.69, 9.17) is 9.15 Å². The molecule has 1 saturated heterocycles. The first-order valence-electron chi connectivity index (χ1n) is 14.8. The van der Waals surface area contributed by atoms with Gasteiger partial charge in [-0.05, 0) is 61.5 Å². The summed E-state index contributed by atoms with van der Waals surface area (Å²) >= 11 is 0. The van der Waals surface area contributed by atoms with Crippen molar-refractivity contribution in [1.29, 1.82) is 0 Å². The summed E-state index contributed by atoms with van der Waals surface area (Å²) in [5.41, 5.74) is 3.40. The van der Waals surface area contributed by atoms with Gasteiger partial charge < -0.3 is 29.6 Å². The highest BCUT2D eigenvalue weighted by atomic mass is 32.2. The summed E-state index contributed by atoms with van der Waals surface area (Å²) in [6.07, 6.45) is 2.41. The van der Waals surface area contributed by atoms with Gasteiger partial charge in [0.25, 0.3) is 11.9 Å². The predicted molar refractivity (Wildman–Crippen MR) is 172 cm³/mol. The van der Waals surface area contributed by atoms with Crippen LogP contribution in [0.5, 0.6) is 5.75 Å². The zero-order valence-electron chi connectivity index (χ0n) is 25.4. The molecule has 1 fully saturated rings. The van der Waals surface area contributed by atoms with E-state index < -0.39 is 9.84 Å². The third kappa shape index (κ3) is 7.47. The predicted octanol–water partition coefficient (Wildman–Crippen LogP) is 4.92. The van der Waals surface area contributed by atoms with Gasteiger partial charge in [-0.3, -0.25) is 4.79 Å². The van der Waals surface area contributed by atoms with E-state index in [0.29, 0.717) is 34.9 Å². The van der Waals surface area contributed by atoms with Crippen LogP contribution in [0.3, 0.4) is 0 Å². The van der Waals surface area contributed by atoms with Crippen molar-refractivity contribution in [2.75, 3.05) is 64.5 Å². The minimum absolute atomic E-state index is 0.0274. The summed E-state index contributed by atoms with van der Waals surface area (Å²) in [5, 5.41) is 6.12. The van der Waals surface area contributed by atoms with E-state index in [2.05, 4.69) is 32.5 Å². The van der Waals surface area contributed by atoms with Gasteiger partial charge in [-0.25, -0.2) is 13.4 Å². The highest BCUT2D eigenvalue weighted by Gasteiger charge is 2.20. The Morgan fingerprint density at radius 3 is 2.50 bits per heavy atom. The van der Waals surface area contributed by atoms with E-state index in [1.807, 2.05) is 48.5 Å². The Balaban J connectivity index is 1.38. The number of likely N-dealkylation sites (N-methyl/N-ethyl adjacent to an activating group) is 1. The number of rotatable bonds is 12. The van der Waals surface area contributed by atoms with Crippen LogP contribution in [0.4, 0.5) is 11.7 Å².